The van der Waals surface area contributed by atoms with Crippen molar-refractivity contribution in [3.05, 3.63) is 29.8 Å². The summed E-state index contributed by atoms with van der Waals surface area (Å²) in [6, 6.07) is 5.48. The molecule has 106 valence electrons. The number of carboxylic acids is 1. The van der Waals surface area contributed by atoms with E-state index in [-0.39, 0.29) is 19.0 Å². The van der Waals surface area contributed by atoms with Gasteiger partial charge in [0.2, 0.25) is 5.91 Å². The number of para-hydroxylation sites is 1. The van der Waals surface area contributed by atoms with E-state index in [0.29, 0.717) is 5.69 Å². The summed E-state index contributed by atoms with van der Waals surface area (Å²) < 4.78 is 0. The Hall–Kier alpha value is -2.57. The lowest BCUT2D eigenvalue weighted by Gasteiger charge is -2.32. The topological polar surface area (TPSA) is 98.7 Å². The van der Waals surface area contributed by atoms with Gasteiger partial charge in [0.1, 0.15) is 12.6 Å². The second-order valence-electron chi connectivity index (χ2n) is 4.53. The van der Waals surface area contributed by atoms with Crippen molar-refractivity contribution in [3.8, 4) is 0 Å². The number of nitrogens with one attached hydrogen (secondary N) is 2. The van der Waals surface area contributed by atoms with Crippen LogP contribution < -0.4 is 10.6 Å². The highest BCUT2D eigenvalue weighted by Crippen LogP contribution is 2.15. The van der Waals surface area contributed by atoms with E-state index in [9.17, 15) is 14.4 Å². The summed E-state index contributed by atoms with van der Waals surface area (Å²) in [4.78, 5) is 35.6. The first-order valence-corrected chi connectivity index (χ1v) is 6.12. The van der Waals surface area contributed by atoms with Crippen LogP contribution in [0.5, 0.6) is 0 Å². The lowest BCUT2D eigenvalue weighted by molar-refractivity contribution is -0.144. The van der Waals surface area contributed by atoms with E-state index in [4.69, 9.17) is 5.11 Å². The molecule has 1 aromatic rings. The van der Waals surface area contributed by atoms with E-state index in [2.05, 4.69) is 10.6 Å². The number of carbonyl (C=O) groups is 3. The van der Waals surface area contributed by atoms with E-state index < -0.39 is 18.0 Å². The van der Waals surface area contributed by atoms with Crippen LogP contribution >= 0.6 is 0 Å². The number of anilines is 1. The maximum Gasteiger partial charge on any atom is 0.328 e. The van der Waals surface area contributed by atoms with E-state index in [1.807, 2.05) is 19.1 Å². The van der Waals surface area contributed by atoms with E-state index in [1.165, 1.54) is 0 Å². The molecule has 0 saturated carbocycles. The number of hydrogen-bond acceptors (Lipinski definition) is 3. The van der Waals surface area contributed by atoms with Crippen molar-refractivity contribution in [2.24, 2.45) is 0 Å². The lowest BCUT2D eigenvalue weighted by atomic mass is 10.2. The van der Waals surface area contributed by atoms with Gasteiger partial charge in [-0.25, -0.2) is 9.59 Å². The quantitative estimate of drug-likeness (QED) is 0.729. The van der Waals surface area contributed by atoms with Crippen molar-refractivity contribution in [1.82, 2.24) is 10.2 Å². The van der Waals surface area contributed by atoms with Crippen LogP contribution in [0.25, 0.3) is 0 Å². The molecule has 0 aromatic heterocycles. The molecule has 7 heteroatoms. The van der Waals surface area contributed by atoms with Crippen LogP contribution in [0.4, 0.5) is 10.5 Å². The second kappa shape index (κ2) is 5.60. The number of aryl methyl sites for hydroxylation is 1. The van der Waals surface area contributed by atoms with Gasteiger partial charge in [-0.2, -0.15) is 0 Å². The maximum atomic E-state index is 12.2. The molecule has 1 aliphatic rings. The molecule has 3 amide bonds. The van der Waals surface area contributed by atoms with Gasteiger partial charge < -0.3 is 15.7 Å². The smallest absolute Gasteiger partial charge is 0.328 e. The van der Waals surface area contributed by atoms with Gasteiger partial charge in [-0.1, -0.05) is 18.2 Å². The molecule has 0 spiro atoms. The molecule has 1 saturated heterocycles. The SMILES string of the molecule is Cc1ccccc1NC(=O)N1CC(=O)NCC1C(=O)O. The standard InChI is InChI=1S/C13H15N3O4/c1-8-4-2-3-5-9(8)15-13(20)16-7-11(17)14-6-10(16)12(18)19/h2-5,10H,6-7H2,1H3,(H,14,17)(H,15,20)(H,18,19). The molecule has 1 atom stereocenters. The van der Waals surface area contributed by atoms with Gasteiger partial charge in [-0.15, -0.1) is 0 Å². The minimum Gasteiger partial charge on any atom is -0.480 e. The molecule has 1 aromatic carbocycles. The van der Waals surface area contributed by atoms with Crippen molar-refractivity contribution in [1.29, 1.82) is 0 Å². The van der Waals surface area contributed by atoms with Gasteiger partial charge in [0.05, 0.1) is 0 Å². The molecule has 0 radical (unpaired) electrons. The summed E-state index contributed by atoms with van der Waals surface area (Å²) in [5.74, 6) is -1.52. The molecular weight excluding hydrogens is 262 g/mol. The number of urea groups is 1. The Bertz CT molecular complexity index is 558. The van der Waals surface area contributed by atoms with Crippen LogP contribution in [0.1, 0.15) is 5.56 Å². The number of nitrogens with zero attached hydrogens (tertiary/aromatic N) is 1. The number of aliphatic carboxylic acids is 1. The van der Waals surface area contributed by atoms with Crippen molar-refractivity contribution in [2.75, 3.05) is 18.4 Å². The maximum absolute atomic E-state index is 12.2. The first-order valence-electron chi connectivity index (χ1n) is 6.12. The van der Waals surface area contributed by atoms with Gasteiger partial charge in [-0.3, -0.25) is 9.69 Å². The zero-order valence-electron chi connectivity index (χ0n) is 10.9. The molecule has 2 rings (SSSR count). The van der Waals surface area contributed by atoms with Gasteiger partial charge >= 0.3 is 12.0 Å². The molecule has 0 bridgehead atoms. The van der Waals surface area contributed by atoms with Gasteiger partial charge in [-0.05, 0) is 18.6 Å². The highest BCUT2D eigenvalue weighted by Gasteiger charge is 2.35. The van der Waals surface area contributed by atoms with Gasteiger partial charge in [0, 0.05) is 12.2 Å². The highest BCUT2D eigenvalue weighted by molar-refractivity contribution is 5.96. The van der Waals surface area contributed by atoms with Crippen LogP contribution in [0.15, 0.2) is 24.3 Å². The van der Waals surface area contributed by atoms with Crippen molar-refractivity contribution >= 4 is 23.6 Å². The fraction of sp³-hybridized carbons (Fsp3) is 0.308. The summed E-state index contributed by atoms with van der Waals surface area (Å²) in [6.07, 6.45) is 0. The highest BCUT2D eigenvalue weighted by atomic mass is 16.4. The monoisotopic (exact) mass is 277 g/mol. The molecule has 7 nitrogen and oxygen atoms in total. The summed E-state index contributed by atoms with van der Waals surface area (Å²) in [5, 5.41) is 14.2. The fourth-order valence-electron chi connectivity index (χ4n) is 1.98. The number of rotatable bonds is 2. The Morgan fingerprint density at radius 2 is 2.10 bits per heavy atom. The zero-order valence-corrected chi connectivity index (χ0v) is 10.9. The minimum atomic E-state index is -1.15. The normalized spacial score (nSPS) is 18.4. The lowest BCUT2D eigenvalue weighted by Crippen LogP contribution is -2.60. The predicted octanol–water partition coefficient (Wildman–Crippen LogP) is 0.412. The number of benzene rings is 1. The third kappa shape index (κ3) is 2.87. The summed E-state index contributed by atoms with van der Waals surface area (Å²) in [6.45, 7) is 1.47. The first-order chi connectivity index (χ1) is 9.49. The molecule has 0 aliphatic carbocycles. The van der Waals surface area contributed by atoms with Crippen molar-refractivity contribution < 1.29 is 19.5 Å². The summed E-state index contributed by atoms with van der Waals surface area (Å²) >= 11 is 0. The average Bonchev–Trinajstić information content (AvgIpc) is 2.40. The fourth-order valence-corrected chi connectivity index (χ4v) is 1.98. The van der Waals surface area contributed by atoms with Crippen LogP contribution in [0.3, 0.4) is 0 Å². The molecule has 1 fully saturated rings. The Morgan fingerprint density at radius 3 is 2.75 bits per heavy atom. The van der Waals surface area contributed by atoms with Gasteiger partial charge in [0.25, 0.3) is 0 Å². The van der Waals surface area contributed by atoms with E-state index >= 15 is 0 Å². The number of amides is 3. The molecule has 1 heterocycles. The third-order valence-corrected chi connectivity index (χ3v) is 3.12. The summed E-state index contributed by atoms with van der Waals surface area (Å²) in [7, 11) is 0. The number of carboxylic acid groups (broad SMARTS) is 1. The Balaban J connectivity index is 2.15. The van der Waals surface area contributed by atoms with E-state index in [0.717, 1.165) is 10.5 Å². The molecule has 20 heavy (non-hydrogen) atoms. The van der Waals surface area contributed by atoms with Crippen LogP contribution in [-0.2, 0) is 9.59 Å². The molecule has 1 unspecified atom stereocenters. The largest absolute Gasteiger partial charge is 0.480 e. The second-order valence-corrected chi connectivity index (χ2v) is 4.53. The number of piperazine rings is 1. The Kier molecular flexibility index (Phi) is 3.88. The van der Waals surface area contributed by atoms with Crippen molar-refractivity contribution in [2.45, 2.75) is 13.0 Å². The predicted molar refractivity (Wildman–Crippen MR) is 71.3 cm³/mol. The average molecular weight is 277 g/mol. The van der Waals surface area contributed by atoms with Gasteiger partial charge in [0.15, 0.2) is 0 Å². The van der Waals surface area contributed by atoms with Crippen LogP contribution in [0, 0.1) is 6.92 Å². The zero-order chi connectivity index (χ0) is 14.7. The Labute approximate surface area is 115 Å². The molecular formula is C13H15N3O4. The summed E-state index contributed by atoms with van der Waals surface area (Å²) in [5.41, 5.74) is 1.45. The van der Waals surface area contributed by atoms with E-state index in [1.54, 1.807) is 12.1 Å². The van der Waals surface area contributed by atoms with Crippen LogP contribution in [-0.4, -0.2) is 47.0 Å². The van der Waals surface area contributed by atoms with Crippen molar-refractivity contribution in [3.63, 3.8) is 0 Å². The Morgan fingerprint density at radius 1 is 1.40 bits per heavy atom. The first kappa shape index (κ1) is 13.9. The van der Waals surface area contributed by atoms with Crippen LogP contribution in [0.2, 0.25) is 0 Å². The molecule has 3 N–H and O–H groups in total. The number of carbonyl (C=O) groups excluding carboxylic acids is 2. The molecule has 1 aliphatic heterocycles. The third-order valence-electron chi connectivity index (χ3n) is 3.12. The minimum absolute atomic E-state index is 0.0879. The number of hydrogen-bond donors (Lipinski definition) is 3.